The Hall–Kier alpha value is -1.38. The van der Waals surface area contributed by atoms with Crippen molar-refractivity contribution < 1.29 is 0 Å². The van der Waals surface area contributed by atoms with E-state index >= 15 is 0 Å². The van der Waals surface area contributed by atoms with Crippen molar-refractivity contribution in [1.29, 1.82) is 0 Å². The quantitative estimate of drug-likeness (QED) is 0.593. The predicted molar refractivity (Wildman–Crippen MR) is 64.1 cm³/mol. The van der Waals surface area contributed by atoms with E-state index in [0.717, 1.165) is 36.7 Å². The highest BCUT2D eigenvalue weighted by Gasteiger charge is 1.98. The molecule has 0 radical (unpaired) electrons. The van der Waals surface area contributed by atoms with Gasteiger partial charge in [0.25, 0.3) is 0 Å². The van der Waals surface area contributed by atoms with Crippen molar-refractivity contribution in [2.45, 2.75) is 33.6 Å². The van der Waals surface area contributed by atoms with E-state index in [1.807, 2.05) is 19.9 Å². The number of rotatable bonds is 5. The number of hydrogen-bond donors (Lipinski definition) is 1. The first-order chi connectivity index (χ1) is 7.26. The highest BCUT2D eigenvalue weighted by molar-refractivity contribution is 5.35. The molecule has 0 atom stereocenters. The molecule has 0 aliphatic carbocycles. The van der Waals surface area contributed by atoms with Gasteiger partial charge in [-0.05, 0) is 26.7 Å². The monoisotopic (exact) mass is 205 g/mol. The standard InChI is InChI=1S/C12H19N3/c1-4-6-7-8-13-12-9-11(5-2)14-10(3)15-12/h4,6,9H,5,7-8H2,1-3H3,(H,13,14,15)/b6-4+. The molecule has 3 heteroatoms. The zero-order valence-corrected chi connectivity index (χ0v) is 9.75. The molecule has 1 N–H and O–H groups in total. The van der Waals surface area contributed by atoms with E-state index in [0.29, 0.717) is 0 Å². The lowest BCUT2D eigenvalue weighted by molar-refractivity contribution is 0.937. The van der Waals surface area contributed by atoms with Gasteiger partial charge >= 0.3 is 0 Å². The molecule has 0 spiro atoms. The van der Waals surface area contributed by atoms with Crippen LogP contribution in [0.25, 0.3) is 0 Å². The van der Waals surface area contributed by atoms with Crippen LogP contribution in [-0.4, -0.2) is 16.5 Å². The first-order valence-corrected chi connectivity index (χ1v) is 5.45. The Bertz CT molecular complexity index is 332. The van der Waals surface area contributed by atoms with Crippen molar-refractivity contribution in [3.8, 4) is 0 Å². The molecule has 1 rings (SSSR count). The minimum atomic E-state index is 0.836. The van der Waals surface area contributed by atoms with Gasteiger partial charge in [-0.1, -0.05) is 19.1 Å². The van der Waals surface area contributed by atoms with E-state index in [1.165, 1.54) is 0 Å². The van der Waals surface area contributed by atoms with Gasteiger partial charge in [0, 0.05) is 18.3 Å². The number of aromatic nitrogens is 2. The number of anilines is 1. The maximum Gasteiger partial charge on any atom is 0.129 e. The molecular formula is C12H19N3. The average molecular weight is 205 g/mol. The minimum absolute atomic E-state index is 0.836. The third-order valence-corrected chi connectivity index (χ3v) is 2.11. The van der Waals surface area contributed by atoms with Gasteiger partial charge in [0.15, 0.2) is 0 Å². The van der Waals surface area contributed by atoms with Gasteiger partial charge in [-0.2, -0.15) is 0 Å². The Balaban J connectivity index is 2.56. The van der Waals surface area contributed by atoms with Gasteiger partial charge in [0.1, 0.15) is 11.6 Å². The van der Waals surface area contributed by atoms with Gasteiger partial charge in [-0.15, -0.1) is 0 Å². The van der Waals surface area contributed by atoms with E-state index in [9.17, 15) is 0 Å². The van der Waals surface area contributed by atoms with E-state index in [4.69, 9.17) is 0 Å². The summed E-state index contributed by atoms with van der Waals surface area (Å²) in [6.07, 6.45) is 6.18. The fraction of sp³-hybridized carbons (Fsp3) is 0.500. The van der Waals surface area contributed by atoms with Gasteiger partial charge < -0.3 is 5.32 Å². The second-order valence-electron chi connectivity index (χ2n) is 3.43. The summed E-state index contributed by atoms with van der Waals surface area (Å²) in [5.41, 5.74) is 1.09. The molecule has 0 amide bonds. The summed E-state index contributed by atoms with van der Waals surface area (Å²) in [6, 6.07) is 2.02. The second-order valence-corrected chi connectivity index (χ2v) is 3.43. The van der Waals surface area contributed by atoms with Crippen molar-refractivity contribution in [3.63, 3.8) is 0 Å². The zero-order chi connectivity index (χ0) is 11.1. The van der Waals surface area contributed by atoms with Gasteiger partial charge in [0.2, 0.25) is 0 Å². The Kier molecular flexibility index (Phi) is 4.81. The number of hydrogen-bond acceptors (Lipinski definition) is 3. The fourth-order valence-electron chi connectivity index (χ4n) is 1.35. The van der Waals surface area contributed by atoms with Gasteiger partial charge in [-0.3, -0.25) is 0 Å². The molecule has 1 aromatic rings. The van der Waals surface area contributed by atoms with Crippen LogP contribution >= 0.6 is 0 Å². The third kappa shape index (κ3) is 4.11. The molecule has 1 aromatic heterocycles. The topological polar surface area (TPSA) is 37.8 Å². The van der Waals surface area contributed by atoms with E-state index < -0.39 is 0 Å². The molecule has 0 unspecified atom stereocenters. The van der Waals surface area contributed by atoms with Crippen LogP contribution in [0.2, 0.25) is 0 Å². The molecule has 1 heterocycles. The number of nitrogens with one attached hydrogen (secondary N) is 1. The summed E-state index contributed by atoms with van der Waals surface area (Å²) in [5.74, 6) is 1.77. The Morgan fingerprint density at radius 1 is 1.40 bits per heavy atom. The van der Waals surface area contributed by atoms with Gasteiger partial charge in [0.05, 0.1) is 0 Å². The third-order valence-electron chi connectivity index (χ3n) is 2.11. The molecule has 0 aliphatic rings. The summed E-state index contributed by atoms with van der Waals surface area (Å²) in [4.78, 5) is 8.66. The van der Waals surface area contributed by atoms with Crippen LogP contribution in [0.4, 0.5) is 5.82 Å². The molecule has 15 heavy (non-hydrogen) atoms. The summed E-state index contributed by atoms with van der Waals surface area (Å²) >= 11 is 0. The Morgan fingerprint density at radius 2 is 2.20 bits per heavy atom. The smallest absolute Gasteiger partial charge is 0.129 e. The van der Waals surface area contributed by atoms with Crippen LogP contribution in [0.1, 0.15) is 31.8 Å². The Labute approximate surface area is 91.7 Å². The first kappa shape index (κ1) is 11.7. The van der Waals surface area contributed by atoms with Crippen molar-refractivity contribution in [3.05, 3.63) is 29.7 Å². The SMILES string of the molecule is C/C=C/CCNc1cc(CC)nc(C)n1. The lowest BCUT2D eigenvalue weighted by Gasteiger charge is -2.06. The average Bonchev–Trinajstić information content (AvgIpc) is 2.23. The van der Waals surface area contributed by atoms with Crippen molar-refractivity contribution in [1.82, 2.24) is 9.97 Å². The van der Waals surface area contributed by atoms with Crippen molar-refractivity contribution >= 4 is 5.82 Å². The van der Waals surface area contributed by atoms with Crippen LogP contribution in [0, 0.1) is 6.92 Å². The molecule has 0 aromatic carbocycles. The normalized spacial score (nSPS) is 10.9. The maximum absolute atomic E-state index is 4.33. The molecule has 0 aliphatic heterocycles. The summed E-state index contributed by atoms with van der Waals surface area (Å²) in [5, 5.41) is 3.29. The molecule has 0 bridgehead atoms. The molecule has 82 valence electrons. The largest absolute Gasteiger partial charge is 0.370 e. The van der Waals surface area contributed by atoms with Crippen LogP contribution in [0.3, 0.4) is 0 Å². The fourth-order valence-corrected chi connectivity index (χ4v) is 1.35. The number of aryl methyl sites for hydroxylation is 2. The minimum Gasteiger partial charge on any atom is -0.370 e. The van der Waals surface area contributed by atoms with Gasteiger partial charge in [-0.25, -0.2) is 9.97 Å². The van der Waals surface area contributed by atoms with Crippen LogP contribution in [0.5, 0.6) is 0 Å². The first-order valence-electron chi connectivity index (χ1n) is 5.45. The van der Waals surface area contributed by atoms with E-state index in [-0.39, 0.29) is 0 Å². The molecular weight excluding hydrogens is 186 g/mol. The van der Waals surface area contributed by atoms with E-state index in [1.54, 1.807) is 0 Å². The van der Waals surface area contributed by atoms with Crippen LogP contribution in [-0.2, 0) is 6.42 Å². The molecule has 0 fully saturated rings. The maximum atomic E-state index is 4.33. The summed E-state index contributed by atoms with van der Waals surface area (Å²) in [6.45, 7) is 6.98. The summed E-state index contributed by atoms with van der Waals surface area (Å²) in [7, 11) is 0. The van der Waals surface area contributed by atoms with Crippen LogP contribution < -0.4 is 5.32 Å². The van der Waals surface area contributed by atoms with Crippen molar-refractivity contribution in [2.75, 3.05) is 11.9 Å². The summed E-state index contributed by atoms with van der Waals surface area (Å²) < 4.78 is 0. The van der Waals surface area contributed by atoms with Crippen LogP contribution in [0.15, 0.2) is 18.2 Å². The number of allylic oxidation sites excluding steroid dienone is 1. The molecule has 0 saturated carbocycles. The lowest BCUT2D eigenvalue weighted by Crippen LogP contribution is -2.05. The molecule has 3 nitrogen and oxygen atoms in total. The lowest BCUT2D eigenvalue weighted by atomic mass is 10.3. The Morgan fingerprint density at radius 3 is 2.87 bits per heavy atom. The predicted octanol–water partition coefficient (Wildman–Crippen LogP) is 2.73. The highest BCUT2D eigenvalue weighted by atomic mass is 15.0. The molecule has 0 saturated heterocycles. The number of nitrogens with zero attached hydrogens (tertiary/aromatic N) is 2. The highest BCUT2D eigenvalue weighted by Crippen LogP contribution is 2.07. The second kappa shape index (κ2) is 6.17. The van der Waals surface area contributed by atoms with Crippen molar-refractivity contribution in [2.24, 2.45) is 0 Å². The van der Waals surface area contributed by atoms with E-state index in [2.05, 4.69) is 34.4 Å². The zero-order valence-electron chi connectivity index (χ0n) is 9.75.